The van der Waals surface area contributed by atoms with Gasteiger partial charge in [0.2, 0.25) is 0 Å². The van der Waals surface area contributed by atoms with E-state index in [0.717, 1.165) is 11.6 Å². The molecule has 0 bridgehead atoms. The van der Waals surface area contributed by atoms with Gasteiger partial charge in [0.1, 0.15) is 0 Å². The molecule has 4 nitrogen and oxygen atoms in total. The molecule has 0 radical (unpaired) electrons. The Bertz CT molecular complexity index is 553. The van der Waals surface area contributed by atoms with E-state index in [9.17, 15) is 9.59 Å². The maximum absolute atomic E-state index is 12.4. The molecule has 1 aliphatic carbocycles. The highest BCUT2D eigenvalue weighted by Crippen LogP contribution is 2.27. The van der Waals surface area contributed by atoms with E-state index in [4.69, 9.17) is 0 Å². The second kappa shape index (κ2) is 7.73. The Labute approximate surface area is 139 Å². The van der Waals surface area contributed by atoms with Crippen molar-refractivity contribution in [3.8, 4) is 0 Å². The van der Waals surface area contributed by atoms with Gasteiger partial charge in [0.25, 0.3) is 5.91 Å². The molecule has 2 rings (SSSR count). The van der Waals surface area contributed by atoms with Gasteiger partial charge in [-0.3, -0.25) is 9.59 Å². The fourth-order valence-electron chi connectivity index (χ4n) is 3.40. The first-order valence-corrected chi connectivity index (χ1v) is 8.65. The highest BCUT2D eigenvalue weighted by molar-refractivity contribution is 5.96. The first-order valence-electron chi connectivity index (χ1n) is 8.65. The number of rotatable bonds is 5. The van der Waals surface area contributed by atoms with E-state index in [-0.39, 0.29) is 17.7 Å². The number of quaternary nitrogens is 1. The Morgan fingerprint density at radius 1 is 1.17 bits per heavy atom. The summed E-state index contributed by atoms with van der Waals surface area (Å²) in [5.74, 6) is 1.43. The zero-order chi connectivity index (χ0) is 17.0. The normalized spacial score (nSPS) is 25.7. The highest BCUT2D eigenvalue weighted by atomic mass is 16.2. The highest BCUT2D eigenvalue weighted by Gasteiger charge is 2.32. The number of nitrogens with two attached hydrogens (primary N) is 1. The molecule has 1 aliphatic rings. The summed E-state index contributed by atoms with van der Waals surface area (Å²) in [6.45, 7) is 8.12. The van der Waals surface area contributed by atoms with E-state index in [1.807, 2.05) is 6.92 Å². The molecule has 0 saturated heterocycles. The van der Waals surface area contributed by atoms with Crippen LogP contribution in [0.3, 0.4) is 0 Å². The summed E-state index contributed by atoms with van der Waals surface area (Å²) in [6, 6.07) is 7.48. The van der Waals surface area contributed by atoms with Gasteiger partial charge in [0, 0.05) is 17.2 Å². The van der Waals surface area contributed by atoms with Crippen molar-refractivity contribution in [2.24, 2.45) is 11.8 Å². The Balaban J connectivity index is 1.90. The van der Waals surface area contributed by atoms with Crippen LogP contribution in [0.1, 0.15) is 57.3 Å². The number of hydrogen-bond donors (Lipinski definition) is 2. The zero-order valence-electron chi connectivity index (χ0n) is 14.6. The summed E-state index contributed by atoms with van der Waals surface area (Å²) in [4.78, 5) is 23.7. The maximum Gasteiger partial charge on any atom is 0.282 e. The number of carbonyl (C=O) groups excluding carboxylic acids is 2. The van der Waals surface area contributed by atoms with Crippen molar-refractivity contribution in [1.29, 1.82) is 0 Å². The van der Waals surface area contributed by atoms with E-state index in [0.29, 0.717) is 17.5 Å². The molecule has 4 atom stereocenters. The summed E-state index contributed by atoms with van der Waals surface area (Å²) in [6.07, 6.45) is 3.75. The number of benzene rings is 1. The van der Waals surface area contributed by atoms with Crippen LogP contribution in [0.25, 0.3) is 0 Å². The van der Waals surface area contributed by atoms with Crippen molar-refractivity contribution in [2.45, 2.75) is 59.0 Å². The lowest BCUT2D eigenvalue weighted by molar-refractivity contribution is -0.715. The van der Waals surface area contributed by atoms with E-state index in [2.05, 4.69) is 24.5 Å². The zero-order valence-corrected chi connectivity index (χ0v) is 14.6. The number of carbonyl (C=O) groups is 2. The second-order valence-corrected chi connectivity index (χ2v) is 7.04. The molecule has 0 unspecified atom stereocenters. The molecule has 1 amide bonds. The molecule has 126 valence electrons. The molecule has 1 aromatic carbocycles. The Morgan fingerprint density at radius 2 is 1.83 bits per heavy atom. The molecule has 3 N–H and O–H groups in total. The number of anilines is 1. The fourth-order valence-corrected chi connectivity index (χ4v) is 3.40. The van der Waals surface area contributed by atoms with E-state index >= 15 is 0 Å². The molecule has 0 aliphatic heterocycles. The average molecular weight is 317 g/mol. The van der Waals surface area contributed by atoms with Gasteiger partial charge in [0.15, 0.2) is 11.8 Å². The van der Waals surface area contributed by atoms with Crippen LogP contribution >= 0.6 is 0 Å². The SMILES string of the molecule is CC(=O)c1ccc(NC(=O)[C@H](C)[NH2+][C@H]2CCC[C@H](C)[C@H]2C)cc1. The van der Waals surface area contributed by atoms with Crippen molar-refractivity contribution >= 4 is 17.4 Å². The predicted octanol–water partition coefficient (Wildman–Crippen LogP) is 2.60. The van der Waals surface area contributed by atoms with Crippen LogP contribution in [-0.4, -0.2) is 23.8 Å². The second-order valence-electron chi connectivity index (χ2n) is 7.04. The van der Waals surface area contributed by atoms with Gasteiger partial charge < -0.3 is 10.6 Å². The fraction of sp³-hybridized carbons (Fsp3) is 0.579. The van der Waals surface area contributed by atoms with E-state index < -0.39 is 0 Å². The van der Waals surface area contributed by atoms with Gasteiger partial charge in [-0.2, -0.15) is 0 Å². The number of ketones is 1. The van der Waals surface area contributed by atoms with Gasteiger partial charge in [-0.25, -0.2) is 0 Å². The van der Waals surface area contributed by atoms with Crippen LogP contribution in [0.4, 0.5) is 5.69 Å². The first-order chi connectivity index (χ1) is 10.9. The van der Waals surface area contributed by atoms with Crippen LogP contribution in [0.2, 0.25) is 0 Å². The number of nitrogens with one attached hydrogen (secondary N) is 1. The minimum atomic E-state index is -0.111. The van der Waals surface area contributed by atoms with Gasteiger partial charge >= 0.3 is 0 Å². The first kappa shape index (κ1) is 17.7. The third kappa shape index (κ3) is 4.64. The van der Waals surface area contributed by atoms with Crippen molar-refractivity contribution < 1.29 is 14.9 Å². The third-order valence-corrected chi connectivity index (χ3v) is 5.28. The van der Waals surface area contributed by atoms with Crippen molar-refractivity contribution in [3.63, 3.8) is 0 Å². The summed E-state index contributed by atoms with van der Waals surface area (Å²) in [5.41, 5.74) is 1.40. The van der Waals surface area contributed by atoms with Crippen molar-refractivity contribution in [3.05, 3.63) is 29.8 Å². The summed E-state index contributed by atoms with van der Waals surface area (Å²) >= 11 is 0. The topological polar surface area (TPSA) is 62.8 Å². The summed E-state index contributed by atoms with van der Waals surface area (Å²) < 4.78 is 0. The lowest BCUT2D eigenvalue weighted by atomic mass is 9.78. The average Bonchev–Trinajstić information content (AvgIpc) is 2.52. The third-order valence-electron chi connectivity index (χ3n) is 5.28. The van der Waals surface area contributed by atoms with Crippen molar-refractivity contribution in [2.75, 3.05) is 5.32 Å². The molecular weight excluding hydrogens is 288 g/mol. The monoisotopic (exact) mass is 317 g/mol. The molecule has 0 spiro atoms. The summed E-state index contributed by atoms with van der Waals surface area (Å²) in [5, 5.41) is 5.16. The van der Waals surface area contributed by atoms with Gasteiger partial charge in [-0.15, -0.1) is 0 Å². The number of hydrogen-bond acceptors (Lipinski definition) is 2. The molecule has 4 heteroatoms. The molecular formula is C19H29N2O2+. The Hall–Kier alpha value is -1.68. The Kier molecular flexibility index (Phi) is 5.94. The molecule has 0 aromatic heterocycles. The van der Waals surface area contributed by atoms with Crippen molar-refractivity contribution in [1.82, 2.24) is 0 Å². The molecule has 23 heavy (non-hydrogen) atoms. The molecule has 1 aromatic rings. The molecule has 1 fully saturated rings. The van der Waals surface area contributed by atoms with Crippen LogP contribution < -0.4 is 10.6 Å². The largest absolute Gasteiger partial charge is 0.334 e. The smallest absolute Gasteiger partial charge is 0.282 e. The van der Waals surface area contributed by atoms with Crippen LogP contribution in [-0.2, 0) is 4.79 Å². The molecule has 1 saturated carbocycles. The summed E-state index contributed by atoms with van der Waals surface area (Å²) in [7, 11) is 0. The lowest BCUT2D eigenvalue weighted by Crippen LogP contribution is -2.97. The van der Waals surface area contributed by atoms with Gasteiger partial charge in [-0.1, -0.05) is 13.8 Å². The maximum atomic E-state index is 12.4. The lowest BCUT2D eigenvalue weighted by Gasteiger charge is -2.33. The Morgan fingerprint density at radius 3 is 2.43 bits per heavy atom. The minimum Gasteiger partial charge on any atom is -0.334 e. The van der Waals surface area contributed by atoms with Gasteiger partial charge in [0.05, 0.1) is 6.04 Å². The van der Waals surface area contributed by atoms with Gasteiger partial charge in [-0.05, 0) is 63.3 Å². The van der Waals surface area contributed by atoms with Crippen LogP contribution in [0, 0.1) is 11.8 Å². The quantitative estimate of drug-likeness (QED) is 0.820. The van der Waals surface area contributed by atoms with E-state index in [1.54, 1.807) is 24.3 Å². The van der Waals surface area contributed by atoms with E-state index in [1.165, 1.54) is 26.2 Å². The van der Waals surface area contributed by atoms with Crippen LogP contribution in [0.15, 0.2) is 24.3 Å². The minimum absolute atomic E-state index is 0.0194. The predicted molar refractivity (Wildman–Crippen MR) is 92.4 cm³/mol. The van der Waals surface area contributed by atoms with Crippen LogP contribution in [0.5, 0.6) is 0 Å². The standard InChI is InChI=1S/C19H28N2O2/c1-12-6-5-7-18(13(12)2)20-14(3)19(23)21-17-10-8-16(9-11-17)15(4)22/h8-14,18,20H,5-7H2,1-4H3,(H,21,23)/p+1/t12-,13+,14-,18-/m0/s1. The number of Topliss-reactive ketones (excluding diaryl/α,β-unsaturated/α-hetero) is 1. The molecule has 0 heterocycles. The number of amides is 1.